The molecule has 0 aliphatic carbocycles. The Kier molecular flexibility index (Phi) is 3.92. The summed E-state index contributed by atoms with van der Waals surface area (Å²) in [5.41, 5.74) is 2.08. The van der Waals surface area contributed by atoms with Gasteiger partial charge in [0.2, 0.25) is 5.78 Å². The van der Waals surface area contributed by atoms with Gasteiger partial charge in [-0.2, -0.15) is 5.10 Å². The van der Waals surface area contributed by atoms with E-state index >= 15 is 0 Å². The minimum absolute atomic E-state index is 0.0504. The Morgan fingerprint density at radius 2 is 1.95 bits per heavy atom. The molecule has 0 saturated carbocycles. The topological polar surface area (TPSA) is 44.1 Å². The number of carbonyl (C=O) groups excluding carboxylic acids is 1. The quantitative estimate of drug-likeness (QED) is 0.674. The average Bonchev–Trinajstić information content (AvgIpc) is 2.93. The molecule has 1 aromatic heterocycles. The van der Waals surface area contributed by atoms with Crippen LogP contribution in [0.2, 0.25) is 0 Å². The summed E-state index contributed by atoms with van der Waals surface area (Å²) in [4.78, 5) is 12.7. The molecule has 0 aliphatic heterocycles. The van der Waals surface area contributed by atoms with Gasteiger partial charge in [0.15, 0.2) is 0 Å². The molecule has 4 nitrogen and oxygen atoms in total. The number of nitrogens with zero attached hydrogens (tertiary/aromatic N) is 2. The van der Waals surface area contributed by atoms with E-state index in [1.54, 1.807) is 7.11 Å². The van der Waals surface area contributed by atoms with Crippen molar-refractivity contribution in [2.24, 2.45) is 0 Å². The number of benzene rings is 2. The van der Waals surface area contributed by atoms with Crippen LogP contribution in [0.25, 0.3) is 10.9 Å². The lowest BCUT2D eigenvalue weighted by Crippen LogP contribution is -2.05. The number of fused-ring (bicyclic) bond motifs is 1. The van der Waals surface area contributed by atoms with Crippen molar-refractivity contribution in [3.8, 4) is 5.75 Å². The normalized spacial score (nSPS) is 10.8. The lowest BCUT2D eigenvalue weighted by atomic mass is 10.1. The summed E-state index contributed by atoms with van der Waals surface area (Å²) in [5, 5.41) is 5.41. The summed E-state index contributed by atoms with van der Waals surface area (Å²) >= 11 is 0. The van der Waals surface area contributed by atoms with Crippen LogP contribution < -0.4 is 4.74 Å². The average molecular weight is 294 g/mol. The molecule has 0 unspecified atom stereocenters. The molecule has 0 saturated heterocycles. The second-order valence-electron chi connectivity index (χ2n) is 5.15. The minimum atomic E-state index is -0.0504. The third-order valence-electron chi connectivity index (χ3n) is 3.65. The maximum absolute atomic E-state index is 12.7. The van der Waals surface area contributed by atoms with Gasteiger partial charge in [0.1, 0.15) is 11.4 Å². The van der Waals surface area contributed by atoms with E-state index in [9.17, 15) is 4.79 Å². The van der Waals surface area contributed by atoms with Crippen LogP contribution in [-0.4, -0.2) is 22.7 Å². The monoisotopic (exact) mass is 294 g/mol. The zero-order valence-electron chi connectivity index (χ0n) is 12.7. The number of ether oxygens (including phenoxy) is 1. The highest BCUT2D eigenvalue weighted by molar-refractivity contribution is 6.14. The van der Waals surface area contributed by atoms with Crippen molar-refractivity contribution < 1.29 is 9.53 Å². The summed E-state index contributed by atoms with van der Waals surface area (Å²) in [5.74, 6) is 0.717. The minimum Gasteiger partial charge on any atom is -0.497 e. The lowest BCUT2D eigenvalue weighted by Gasteiger charge is -2.02. The predicted octanol–water partition coefficient (Wildman–Crippen LogP) is 3.69. The lowest BCUT2D eigenvalue weighted by molar-refractivity contribution is 0.103. The van der Waals surface area contributed by atoms with Crippen LogP contribution in [0.3, 0.4) is 0 Å². The molecule has 22 heavy (non-hydrogen) atoms. The first-order valence-electron chi connectivity index (χ1n) is 7.39. The van der Waals surface area contributed by atoms with E-state index in [4.69, 9.17) is 4.74 Å². The van der Waals surface area contributed by atoms with Crippen LogP contribution in [0.15, 0.2) is 48.5 Å². The van der Waals surface area contributed by atoms with Gasteiger partial charge in [-0.25, -0.2) is 0 Å². The van der Waals surface area contributed by atoms with Crippen molar-refractivity contribution in [3.63, 3.8) is 0 Å². The van der Waals surface area contributed by atoms with Crippen molar-refractivity contribution in [2.45, 2.75) is 19.9 Å². The van der Waals surface area contributed by atoms with Crippen molar-refractivity contribution in [2.75, 3.05) is 7.11 Å². The molecular formula is C18H18N2O2. The van der Waals surface area contributed by atoms with Gasteiger partial charge in [0, 0.05) is 23.6 Å². The molecule has 0 atom stereocenters. The zero-order valence-corrected chi connectivity index (χ0v) is 12.7. The molecule has 0 N–H and O–H groups in total. The standard InChI is InChI=1S/C18H18N2O2/c1-3-11-20-16-12-14(22-2)9-10-15(16)17(19-20)18(21)13-7-5-4-6-8-13/h4-10,12H,3,11H2,1-2H3. The number of aromatic nitrogens is 2. The van der Waals surface area contributed by atoms with E-state index in [1.165, 1.54) is 0 Å². The van der Waals surface area contributed by atoms with Gasteiger partial charge in [0.05, 0.1) is 12.6 Å². The number of rotatable bonds is 5. The van der Waals surface area contributed by atoms with Gasteiger partial charge in [-0.05, 0) is 18.6 Å². The van der Waals surface area contributed by atoms with Crippen LogP contribution in [0.5, 0.6) is 5.75 Å². The predicted molar refractivity (Wildman–Crippen MR) is 86.5 cm³/mol. The summed E-state index contributed by atoms with van der Waals surface area (Å²) in [7, 11) is 1.64. The molecule has 2 aromatic carbocycles. The fourth-order valence-electron chi connectivity index (χ4n) is 2.56. The fourth-order valence-corrected chi connectivity index (χ4v) is 2.56. The molecule has 0 spiro atoms. The number of methoxy groups -OCH3 is 1. The molecule has 0 aliphatic rings. The first kappa shape index (κ1) is 14.3. The Morgan fingerprint density at radius 3 is 2.64 bits per heavy atom. The SMILES string of the molecule is CCCn1nc(C(=O)c2ccccc2)c2ccc(OC)cc21. The summed E-state index contributed by atoms with van der Waals surface area (Å²) in [6, 6.07) is 15.0. The second-order valence-corrected chi connectivity index (χ2v) is 5.15. The van der Waals surface area contributed by atoms with Gasteiger partial charge in [-0.1, -0.05) is 37.3 Å². The number of hydrogen-bond donors (Lipinski definition) is 0. The van der Waals surface area contributed by atoms with Gasteiger partial charge >= 0.3 is 0 Å². The Labute approximate surface area is 129 Å². The summed E-state index contributed by atoms with van der Waals surface area (Å²) in [6.45, 7) is 2.86. The highest BCUT2D eigenvalue weighted by Crippen LogP contribution is 2.25. The van der Waals surface area contributed by atoms with Crippen LogP contribution in [0.1, 0.15) is 29.4 Å². The number of ketones is 1. The maximum atomic E-state index is 12.7. The number of carbonyl (C=O) groups is 1. The van der Waals surface area contributed by atoms with E-state index in [1.807, 2.05) is 53.2 Å². The molecule has 0 radical (unpaired) electrons. The summed E-state index contributed by atoms with van der Waals surface area (Å²) in [6.07, 6.45) is 0.951. The van der Waals surface area contributed by atoms with Crippen LogP contribution in [0.4, 0.5) is 0 Å². The first-order chi connectivity index (χ1) is 10.7. The van der Waals surface area contributed by atoms with Crippen LogP contribution >= 0.6 is 0 Å². The van der Waals surface area contributed by atoms with Crippen molar-refractivity contribution in [3.05, 3.63) is 59.8 Å². The molecule has 112 valence electrons. The van der Waals surface area contributed by atoms with Crippen molar-refractivity contribution in [1.82, 2.24) is 9.78 Å². The van der Waals surface area contributed by atoms with Crippen LogP contribution in [-0.2, 0) is 6.54 Å². The largest absolute Gasteiger partial charge is 0.497 e. The van der Waals surface area contributed by atoms with E-state index in [2.05, 4.69) is 12.0 Å². The first-order valence-corrected chi connectivity index (χ1v) is 7.39. The Hall–Kier alpha value is -2.62. The molecule has 3 rings (SSSR count). The molecule has 0 fully saturated rings. The Morgan fingerprint density at radius 1 is 1.18 bits per heavy atom. The van der Waals surface area contributed by atoms with Gasteiger partial charge in [-0.3, -0.25) is 9.48 Å². The smallest absolute Gasteiger partial charge is 0.213 e. The second kappa shape index (κ2) is 6.02. The highest BCUT2D eigenvalue weighted by atomic mass is 16.5. The van der Waals surface area contributed by atoms with Gasteiger partial charge in [-0.15, -0.1) is 0 Å². The number of hydrogen-bond acceptors (Lipinski definition) is 3. The van der Waals surface area contributed by atoms with E-state index < -0.39 is 0 Å². The van der Waals surface area contributed by atoms with Crippen molar-refractivity contribution >= 4 is 16.7 Å². The third kappa shape index (κ3) is 2.48. The zero-order chi connectivity index (χ0) is 15.5. The van der Waals surface area contributed by atoms with Gasteiger partial charge in [0.25, 0.3) is 0 Å². The van der Waals surface area contributed by atoms with E-state index in [0.717, 1.165) is 29.6 Å². The molecular weight excluding hydrogens is 276 g/mol. The maximum Gasteiger partial charge on any atom is 0.213 e. The van der Waals surface area contributed by atoms with Crippen LogP contribution in [0, 0.1) is 0 Å². The number of aryl methyl sites for hydroxylation is 1. The molecule has 0 bridgehead atoms. The summed E-state index contributed by atoms with van der Waals surface area (Å²) < 4.78 is 7.17. The Bertz CT molecular complexity index is 807. The highest BCUT2D eigenvalue weighted by Gasteiger charge is 2.18. The van der Waals surface area contributed by atoms with Gasteiger partial charge < -0.3 is 4.74 Å². The molecule has 4 heteroatoms. The molecule has 3 aromatic rings. The Balaban J connectivity index is 2.15. The third-order valence-corrected chi connectivity index (χ3v) is 3.65. The molecule has 1 heterocycles. The molecule has 0 amide bonds. The van der Waals surface area contributed by atoms with Crippen molar-refractivity contribution in [1.29, 1.82) is 0 Å². The van der Waals surface area contributed by atoms with E-state index in [-0.39, 0.29) is 5.78 Å². The van der Waals surface area contributed by atoms with E-state index in [0.29, 0.717) is 11.3 Å². The fraction of sp³-hybridized carbons (Fsp3) is 0.222.